The molecule has 0 N–H and O–H groups in total. The maximum Gasteiger partial charge on any atom is 0.213 e. The van der Waals surface area contributed by atoms with Gasteiger partial charge in [0.2, 0.25) is 5.88 Å². The van der Waals surface area contributed by atoms with Crippen LogP contribution < -0.4 is 4.74 Å². The first-order chi connectivity index (χ1) is 7.63. The second kappa shape index (κ2) is 5.15. The highest BCUT2D eigenvalue weighted by atomic mass is 79.9. The van der Waals surface area contributed by atoms with E-state index in [1.807, 2.05) is 12.1 Å². The van der Waals surface area contributed by atoms with E-state index in [0.717, 1.165) is 17.3 Å². The van der Waals surface area contributed by atoms with E-state index in [1.165, 1.54) is 0 Å². The molecule has 16 heavy (non-hydrogen) atoms. The molecule has 1 aromatic heterocycles. The normalized spacial score (nSPS) is 30.1. The average molecular weight is 286 g/mol. The highest BCUT2D eigenvalue weighted by molar-refractivity contribution is 9.10. The Morgan fingerprint density at radius 3 is 2.56 bits per heavy atom. The van der Waals surface area contributed by atoms with E-state index in [1.54, 1.807) is 6.20 Å². The smallest absolute Gasteiger partial charge is 0.213 e. The van der Waals surface area contributed by atoms with Gasteiger partial charge in [-0.3, -0.25) is 0 Å². The molecule has 0 spiro atoms. The SMILES string of the molecule is C[C@@H]1CC(Oc2ccc(Br)cn2)C[C@H](C)O1. The van der Waals surface area contributed by atoms with Crippen molar-refractivity contribution in [3.05, 3.63) is 22.8 Å². The lowest BCUT2D eigenvalue weighted by molar-refractivity contribution is -0.0729. The quantitative estimate of drug-likeness (QED) is 0.836. The first kappa shape index (κ1) is 11.9. The topological polar surface area (TPSA) is 31.4 Å². The fourth-order valence-electron chi connectivity index (χ4n) is 2.04. The maximum atomic E-state index is 5.84. The highest BCUT2D eigenvalue weighted by Gasteiger charge is 2.25. The summed E-state index contributed by atoms with van der Waals surface area (Å²) >= 11 is 3.35. The summed E-state index contributed by atoms with van der Waals surface area (Å²) in [6, 6.07) is 3.82. The van der Waals surface area contributed by atoms with E-state index in [9.17, 15) is 0 Å². The first-order valence-electron chi connectivity index (χ1n) is 5.57. The van der Waals surface area contributed by atoms with Gasteiger partial charge in [-0.25, -0.2) is 4.98 Å². The Balaban J connectivity index is 1.96. The zero-order valence-electron chi connectivity index (χ0n) is 9.52. The second-order valence-electron chi connectivity index (χ2n) is 4.28. The van der Waals surface area contributed by atoms with Crippen molar-refractivity contribution in [3.63, 3.8) is 0 Å². The minimum Gasteiger partial charge on any atom is -0.474 e. The molecule has 4 heteroatoms. The van der Waals surface area contributed by atoms with Gasteiger partial charge < -0.3 is 9.47 Å². The monoisotopic (exact) mass is 285 g/mol. The maximum absolute atomic E-state index is 5.84. The molecule has 0 aliphatic carbocycles. The number of halogens is 1. The Morgan fingerprint density at radius 2 is 2.00 bits per heavy atom. The zero-order chi connectivity index (χ0) is 11.5. The van der Waals surface area contributed by atoms with Gasteiger partial charge in [0, 0.05) is 29.6 Å². The van der Waals surface area contributed by atoms with Gasteiger partial charge in [0.1, 0.15) is 6.10 Å². The van der Waals surface area contributed by atoms with Crippen molar-refractivity contribution in [3.8, 4) is 5.88 Å². The van der Waals surface area contributed by atoms with E-state index in [0.29, 0.717) is 5.88 Å². The molecule has 3 nitrogen and oxygen atoms in total. The molecule has 1 saturated heterocycles. The van der Waals surface area contributed by atoms with E-state index in [4.69, 9.17) is 9.47 Å². The Kier molecular flexibility index (Phi) is 3.82. The van der Waals surface area contributed by atoms with Crippen LogP contribution in [0.2, 0.25) is 0 Å². The summed E-state index contributed by atoms with van der Waals surface area (Å²) in [4.78, 5) is 4.21. The van der Waals surface area contributed by atoms with Crippen LogP contribution in [0.4, 0.5) is 0 Å². The summed E-state index contributed by atoms with van der Waals surface area (Å²) in [6.07, 6.45) is 4.37. The molecule has 2 heterocycles. The molecular formula is C12H16BrNO2. The van der Waals surface area contributed by atoms with Crippen molar-refractivity contribution in [2.75, 3.05) is 0 Å². The Labute approximate surface area is 104 Å². The second-order valence-corrected chi connectivity index (χ2v) is 5.20. The molecule has 1 aliphatic rings. The fourth-order valence-corrected chi connectivity index (χ4v) is 2.28. The number of rotatable bonds is 2. The van der Waals surface area contributed by atoms with Gasteiger partial charge in [0.15, 0.2) is 0 Å². The summed E-state index contributed by atoms with van der Waals surface area (Å²) in [6.45, 7) is 4.17. The minimum absolute atomic E-state index is 0.215. The van der Waals surface area contributed by atoms with Crippen LogP contribution in [0.1, 0.15) is 26.7 Å². The number of hydrogen-bond donors (Lipinski definition) is 0. The van der Waals surface area contributed by atoms with Crippen LogP contribution in [0.15, 0.2) is 22.8 Å². The standard InChI is InChI=1S/C12H16BrNO2/c1-8-5-11(6-9(2)15-8)16-12-4-3-10(13)7-14-12/h3-4,7-9,11H,5-6H2,1-2H3/t8-,9+,11?. The lowest BCUT2D eigenvalue weighted by atomic mass is 10.0. The molecule has 1 aromatic rings. The van der Waals surface area contributed by atoms with Crippen molar-refractivity contribution in [1.82, 2.24) is 4.98 Å². The Morgan fingerprint density at radius 1 is 1.31 bits per heavy atom. The third-order valence-electron chi connectivity index (χ3n) is 2.64. The Hall–Kier alpha value is -0.610. The Bertz CT molecular complexity index is 331. The third kappa shape index (κ3) is 3.19. The summed E-state index contributed by atoms with van der Waals surface area (Å²) < 4.78 is 12.5. The van der Waals surface area contributed by atoms with E-state index in [2.05, 4.69) is 34.8 Å². The van der Waals surface area contributed by atoms with Gasteiger partial charge >= 0.3 is 0 Å². The van der Waals surface area contributed by atoms with Crippen LogP contribution in [-0.4, -0.2) is 23.3 Å². The number of ether oxygens (including phenoxy) is 2. The van der Waals surface area contributed by atoms with E-state index < -0.39 is 0 Å². The predicted octanol–water partition coefficient (Wildman–Crippen LogP) is 3.18. The van der Waals surface area contributed by atoms with Crippen LogP contribution in [0.25, 0.3) is 0 Å². The van der Waals surface area contributed by atoms with Crippen LogP contribution in [0.5, 0.6) is 5.88 Å². The molecule has 2 rings (SSSR count). The minimum atomic E-state index is 0.215. The molecule has 88 valence electrons. The predicted molar refractivity (Wildman–Crippen MR) is 65.6 cm³/mol. The summed E-state index contributed by atoms with van der Waals surface area (Å²) in [5.74, 6) is 0.689. The number of nitrogens with zero attached hydrogens (tertiary/aromatic N) is 1. The van der Waals surface area contributed by atoms with Crippen molar-refractivity contribution in [2.45, 2.75) is 45.0 Å². The van der Waals surface area contributed by atoms with Gasteiger partial charge in [-0.15, -0.1) is 0 Å². The zero-order valence-corrected chi connectivity index (χ0v) is 11.1. The lowest BCUT2D eigenvalue weighted by Crippen LogP contribution is -2.35. The molecule has 1 fully saturated rings. The third-order valence-corrected chi connectivity index (χ3v) is 3.11. The molecule has 0 saturated carbocycles. The fraction of sp³-hybridized carbons (Fsp3) is 0.583. The number of aromatic nitrogens is 1. The molecule has 1 unspecified atom stereocenters. The summed E-state index contributed by atoms with van der Waals surface area (Å²) in [5, 5.41) is 0. The van der Waals surface area contributed by atoms with Crippen LogP contribution in [-0.2, 0) is 4.74 Å². The van der Waals surface area contributed by atoms with E-state index >= 15 is 0 Å². The largest absolute Gasteiger partial charge is 0.474 e. The van der Waals surface area contributed by atoms with Crippen LogP contribution in [0, 0.1) is 0 Å². The van der Waals surface area contributed by atoms with Gasteiger partial charge in [-0.1, -0.05) is 0 Å². The van der Waals surface area contributed by atoms with Crippen molar-refractivity contribution in [2.24, 2.45) is 0 Å². The number of pyridine rings is 1. The molecule has 0 aromatic carbocycles. The summed E-state index contributed by atoms with van der Waals surface area (Å²) in [5.41, 5.74) is 0. The molecule has 1 aliphatic heterocycles. The van der Waals surface area contributed by atoms with Gasteiger partial charge in [-0.05, 0) is 35.8 Å². The molecular weight excluding hydrogens is 270 g/mol. The molecule has 0 radical (unpaired) electrons. The molecule has 0 bridgehead atoms. The van der Waals surface area contributed by atoms with Crippen molar-refractivity contribution in [1.29, 1.82) is 0 Å². The highest BCUT2D eigenvalue weighted by Crippen LogP contribution is 2.23. The lowest BCUT2D eigenvalue weighted by Gasteiger charge is -2.31. The van der Waals surface area contributed by atoms with Gasteiger partial charge in [-0.2, -0.15) is 0 Å². The first-order valence-corrected chi connectivity index (χ1v) is 6.36. The molecule has 3 atom stereocenters. The van der Waals surface area contributed by atoms with Crippen LogP contribution >= 0.6 is 15.9 Å². The van der Waals surface area contributed by atoms with Gasteiger partial charge in [0.05, 0.1) is 12.2 Å². The summed E-state index contributed by atoms with van der Waals surface area (Å²) in [7, 11) is 0. The van der Waals surface area contributed by atoms with Crippen molar-refractivity contribution < 1.29 is 9.47 Å². The average Bonchev–Trinajstić information content (AvgIpc) is 2.20. The van der Waals surface area contributed by atoms with E-state index in [-0.39, 0.29) is 18.3 Å². The van der Waals surface area contributed by atoms with Crippen molar-refractivity contribution >= 4 is 15.9 Å². The molecule has 0 amide bonds. The van der Waals surface area contributed by atoms with Gasteiger partial charge in [0.25, 0.3) is 0 Å². The number of hydrogen-bond acceptors (Lipinski definition) is 3. The van der Waals surface area contributed by atoms with Crippen LogP contribution in [0.3, 0.4) is 0 Å².